The zero-order valence-corrected chi connectivity index (χ0v) is 8.24. The zero-order chi connectivity index (χ0) is 10.1. The Balaban J connectivity index is 3.21. The highest BCUT2D eigenvalue weighted by molar-refractivity contribution is 4.66. The van der Waals surface area contributed by atoms with Gasteiger partial charge in [0.2, 0.25) is 0 Å². The first-order valence-corrected chi connectivity index (χ1v) is 4.90. The minimum atomic E-state index is -1.01. The number of unbranched alkanes of at least 4 members (excludes halogenated alkanes) is 1. The fourth-order valence-corrected chi connectivity index (χ4v) is 0.991. The normalized spacial score (nSPS) is 15.7. The van der Waals surface area contributed by atoms with Crippen molar-refractivity contribution >= 4 is 0 Å². The molecule has 4 nitrogen and oxygen atoms in total. The predicted molar refractivity (Wildman–Crippen MR) is 51.5 cm³/mol. The summed E-state index contributed by atoms with van der Waals surface area (Å²) in [6, 6.07) is 0. The van der Waals surface area contributed by atoms with Gasteiger partial charge in [0.25, 0.3) is 0 Å². The number of rotatable bonds is 8. The van der Waals surface area contributed by atoms with E-state index in [1.807, 2.05) is 0 Å². The maximum atomic E-state index is 9.22. The van der Waals surface area contributed by atoms with E-state index in [4.69, 9.17) is 10.2 Å². The molecule has 2 atom stereocenters. The summed E-state index contributed by atoms with van der Waals surface area (Å²) in [5.74, 6) is 0. The number of hydrogen-bond acceptors (Lipinski definition) is 4. The van der Waals surface area contributed by atoms with Crippen molar-refractivity contribution in [2.75, 3.05) is 19.7 Å². The average molecular weight is 191 g/mol. The lowest BCUT2D eigenvalue weighted by Crippen LogP contribution is -2.32. The average Bonchev–Trinajstić information content (AvgIpc) is 2.16. The molecule has 0 aliphatic carbocycles. The minimum absolute atomic E-state index is 0.379. The van der Waals surface area contributed by atoms with E-state index in [-0.39, 0.29) is 6.61 Å². The SMILES string of the molecule is CCCCNCCC(O)C(O)CO. The van der Waals surface area contributed by atoms with Gasteiger partial charge in [0.05, 0.1) is 12.7 Å². The standard InChI is InChI=1S/C9H21NO3/c1-2-3-5-10-6-4-8(12)9(13)7-11/h8-13H,2-7H2,1H3. The van der Waals surface area contributed by atoms with Gasteiger partial charge in [-0.2, -0.15) is 0 Å². The van der Waals surface area contributed by atoms with E-state index in [1.165, 1.54) is 0 Å². The molecular weight excluding hydrogens is 170 g/mol. The molecule has 0 amide bonds. The molecule has 0 aliphatic rings. The molecule has 0 bridgehead atoms. The lowest BCUT2D eigenvalue weighted by atomic mass is 10.1. The van der Waals surface area contributed by atoms with Gasteiger partial charge in [0, 0.05) is 0 Å². The summed E-state index contributed by atoms with van der Waals surface area (Å²) in [5, 5.41) is 29.9. The van der Waals surface area contributed by atoms with E-state index >= 15 is 0 Å². The first kappa shape index (κ1) is 12.8. The Morgan fingerprint density at radius 1 is 1.15 bits per heavy atom. The zero-order valence-electron chi connectivity index (χ0n) is 8.24. The second-order valence-electron chi connectivity index (χ2n) is 3.21. The molecule has 0 aromatic heterocycles. The van der Waals surface area contributed by atoms with E-state index in [9.17, 15) is 5.11 Å². The van der Waals surface area contributed by atoms with Crippen LogP contribution < -0.4 is 5.32 Å². The summed E-state index contributed by atoms with van der Waals surface area (Å²) in [6.07, 6.45) is 0.922. The van der Waals surface area contributed by atoms with E-state index in [2.05, 4.69) is 12.2 Å². The molecule has 0 heterocycles. The van der Waals surface area contributed by atoms with Gasteiger partial charge in [-0.1, -0.05) is 13.3 Å². The Morgan fingerprint density at radius 2 is 1.85 bits per heavy atom. The van der Waals surface area contributed by atoms with Gasteiger partial charge >= 0.3 is 0 Å². The first-order valence-electron chi connectivity index (χ1n) is 4.90. The Hall–Kier alpha value is -0.160. The molecule has 0 rings (SSSR count). The van der Waals surface area contributed by atoms with Crippen LogP contribution >= 0.6 is 0 Å². The number of aliphatic hydroxyl groups is 3. The highest BCUT2D eigenvalue weighted by Crippen LogP contribution is 1.96. The molecule has 0 aliphatic heterocycles. The summed E-state index contributed by atoms with van der Waals surface area (Å²) in [4.78, 5) is 0. The summed E-state index contributed by atoms with van der Waals surface area (Å²) in [5.41, 5.74) is 0. The van der Waals surface area contributed by atoms with E-state index in [0.29, 0.717) is 13.0 Å². The molecule has 0 aromatic rings. The minimum Gasteiger partial charge on any atom is -0.394 e. The van der Waals surface area contributed by atoms with Crippen LogP contribution in [0, 0.1) is 0 Å². The lowest BCUT2D eigenvalue weighted by Gasteiger charge is -2.15. The van der Waals surface area contributed by atoms with E-state index in [1.54, 1.807) is 0 Å². The van der Waals surface area contributed by atoms with Crippen LogP contribution in [0.1, 0.15) is 26.2 Å². The van der Waals surface area contributed by atoms with Gasteiger partial charge < -0.3 is 20.6 Å². The summed E-state index contributed by atoms with van der Waals surface area (Å²) in [7, 11) is 0. The summed E-state index contributed by atoms with van der Waals surface area (Å²) < 4.78 is 0. The van der Waals surface area contributed by atoms with Crippen molar-refractivity contribution < 1.29 is 15.3 Å². The van der Waals surface area contributed by atoms with Crippen LogP contribution in [-0.4, -0.2) is 47.2 Å². The molecule has 0 saturated heterocycles. The van der Waals surface area contributed by atoms with Crippen molar-refractivity contribution in [2.24, 2.45) is 0 Å². The van der Waals surface area contributed by atoms with Crippen LogP contribution in [0.3, 0.4) is 0 Å². The lowest BCUT2D eigenvalue weighted by molar-refractivity contribution is -0.0171. The van der Waals surface area contributed by atoms with E-state index in [0.717, 1.165) is 19.4 Å². The maximum absolute atomic E-state index is 9.22. The van der Waals surface area contributed by atoms with E-state index < -0.39 is 12.2 Å². The van der Waals surface area contributed by atoms with Crippen LogP contribution in [0.15, 0.2) is 0 Å². The topological polar surface area (TPSA) is 72.7 Å². The largest absolute Gasteiger partial charge is 0.394 e. The second-order valence-corrected chi connectivity index (χ2v) is 3.21. The van der Waals surface area contributed by atoms with Gasteiger partial charge in [-0.3, -0.25) is 0 Å². The van der Waals surface area contributed by atoms with Crippen molar-refractivity contribution in [3.8, 4) is 0 Å². The molecule has 4 N–H and O–H groups in total. The fourth-order valence-electron chi connectivity index (χ4n) is 0.991. The molecule has 0 saturated carbocycles. The third-order valence-corrected chi connectivity index (χ3v) is 1.96. The number of nitrogens with one attached hydrogen (secondary N) is 1. The molecular formula is C9H21NO3. The van der Waals surface area contributed by atoms with Crippen molar-refractivity contribution in [3.63, 3.8) is 0 Å². The van der Waals surface area contributed by atoms with Crippen LogP contribution in [0.2, 0.25) is 0 Å². The molecule has 2 unspecified atom stereocenters. The van der Waals surface area contributed by atoms with Gasteiger partial charge in [0.15, 0.2) is 0 Å². The van der Waals surface area contributed by atoms with Gasteiger partial charge in [-0.15, -0.1) is 0 Å². The highest BCUT2D eigenvalue weighted by Gasteiger charge is 2.13. The Morgan fingerprint density at radius 3 is 2.38 bits per heavy atom. The molecule has 4 heteroatoms. The van der Waals surface area contributed by atoms with Crippen molar-refractivity contribution in [2.45, 2.75) is 38.4 Å². The third kappa shape index (κ3) is 6.95. The smallest absolute Gasteiger partial charge is 0.103 e. The molecule has 0 aromatic carbocycles. The quantitative estimate of drug-likeness (QED) is 0.390. The maximum Gasteiger partial charge on any atom is 0.103 e. The van der Waals surface area contributed by atoms with Crippen LogP contribution in [0.4, 0.5) is 0 Å². The van der Waals surface area contributed by atoms with Gasteiger partial charge in [-0.05, 0) is 25.9 Å². The highest BCUT2D eigenvalue weighted by atomic mass is 16.4. The van der Waals surface area contributed by atoms with Crippen molar-refractivity contribution in [1.82, 2.24) is 5.32 Å². The monoisotopic (exact) mass is 191 g/mol. The third-order valence-electron chi connectivity index (χ3n) is 1.96. The van der Waals surface area contributed by atoms with Gasteiger partial charge in [0.1, 0.15) is 6.10 Å². The van der Waals surface area contributed by atoms with Crippen LogP contribution in [0.5, 0.6) is 0 Å². The molecule has 13 heavy (non-hydrogen) atoms. The summed E-state index contributed by atoms with van der Waals surface area (Å²) >= 11 is 0. The molecule has 0 spiro atoms. The Labute approximate surface area is 79.6 Å². The van der Waals surface area contributed by atoms with Crippen molar-refractivity contribution in [3.05, 3.63) is 0 Å². The molecule has 0 radical (unpaired) electrons. The number of hydrogen-bond donors (Lipinski definition) is 4. The van der Waals surface area contributed by atoms with Gasteiger partial charge in [-0.25, -0.2) is 0 Å². The predicted octanol–water partition coefficient (Wildman–Crippen LogP) is -0.520. The number of aliphatic hydroxyl groups excluding tert-OH is 3. The second kappa shape index (κ2) is 8.44. The Kier molecular flexibility index (Phi) is 8.33. The molecule has 80 valence electrons. The molecule has 0 fully saturated rings. The Bertz CT molecular complexity index is 111. The first-order chi connectivity index (χ1) is 6.22. The van der Waals surface area contributed by atoms with Crippen LogP contribution in [0.25, 0.3) is 0 Å². The summed E-state index contributed by atoms with van der Waals surface area (Å²) in [6.45, 7) is 3.36. The fraction of sp³-hybridized carbons (Fsp3) is 1.00. The van der Waals surface area contributed by atoms with Crippen LogP contribution in [-0.2, 0) is 0 Å². The van der Waals surface area contributed by atoms with Crippen molar-refractivity contribution in [1.29, 1.82) is 0 Å².